The molecule has 0 saturated carbocycles. The second-order valence-corrected chi connectivity index (χ2v) is 6.51. The van der Waals surface area contributed by atoms with Crippen molar-refractivity contribution < 1.29 is 9.53 Å². The molecule has 0 aliphatic rings. The summed E-state index contributed by atoms with van der Waals surface area (Å²) in [5, 5.41) is 10.3. The number of hydrogen-bond donors (Lipinski definition) is 2. The van der Waals surface area contributed by atoms with Gasteiger partial charge in [-0.2, -0.15) is 5.10 Å². The molecule has 0 fully saturated rings. The maximum Gasteiger partial charge on any atom is 0.251 e. The van der Waals surface area contributed by atoms with Crippen LogP contribution in [0.4, 0.5) is 0 Å². The Morgan fingerprint density at radius 1 is 1.12 bits per heavy atom. The number of thioether (sulfide) groups is 1. The number of amides is 1. The number of nitrogens with one attached hydrogen (secondary N) is 2. The Morgan fingerprint density at radius 2 is 1.92 bits per heavy atom. The van der Waals surface area contributed by atoms with E-state index in [0.29, 0.717) is 18.7 Å². The molecular formula is C19H20N4O2S. The first-order chi connectivity index (χ1) is 12.8. The third-order valence-electron chi connectivity index (χ3n) is 3.60. The van der Waals surface area contributed by atoms with Crippen molar-refractivity contribution in [2.45, 2.75) is 17.3 Å². The molecular weight excluding hydrogens is 348 g/mol. The quantitative estimate of drug-likeness (QED) is 0.447. The summed E-state index contributed by atoms with van der Waals surface area (Å²) in [5.41, 5.74) is 1.78. The van der Waals surface area contributed by atoms with Gasteiger partial charge in [0.25, 0.3) is 5.91 Å². The highest BCUT2D eigenvalue weighted by molar-refractivity contribution is 7.98. The normalized spacial score (nSPS) is 10.5. The minimum atomic E-state index is -0.0702. The van der Waals surface area contributed by atoms with Crippen molar-refractivity contribution in [3.63, 3.8) is 0 Å². The zero-order valence-corrected chi connectivity index (χ0v) is 15.0. The van der Waals surface area contributed by atoms with Crippen molar-refractivity contribution in [2.24, 2.45) is 0 Å². The van der Waals surface area contributed by atoms with Crippen LogP contribution < -0.4 is 10.1 Å². The van der Waals surface area contributed by atoms with E-state index >= 15 is 0 Å². The Kier molecular flexibility index (Phi) is 6.66. The number of aromatic nitrogens is 3. The number of nitrogens with zero attached hydrogens (tertiary/aromatic N) is 2. The van der Waals surface area contributed by atoms with Crippen LogP contribution in [0, 0.1) is 0 Å². The van der Waals surface area contributed by atoms with Gasteiger partial charge in [-0.3, -0.25) is 9.89 Å². The number of para-hydroxylation sites is 1. The van der Waals surface area contributed by atoms with Crippen molar-refractivity contribution >= 4 is 17.7 Å². The van der Waals surface area contributed by atoms with E-state index in [1.54, 1.807) is 11.8 Å². The number of H-pyrrole nitrogens is 1. The molecule has 0 aliphatic carbocycles. The van der Waals surface area contributed by atoms with Gasteiger partial charge in [-0.25, -0.2) is 4.98 Å². The molecule has 1 heterocycles. The summed E-state index contributed by atoms with van der Waals surface area (Å²) in [5.74, 6) is 1.55. The average Bonchev–Trinajstić information content (AvgIpc) is 3.21. The second kappa shape index (κ2) is 9.62. The fourth-order valence-electron chi connectivity index (χ4n) is 2.25. The molecule has 0 saturated heterocycles. The smallest absolute Gasteiger partial charge is 0.251 e. The van der Waals surface area contributed by atoms with Crippen LogP contribution in [0.5, 0.6) is 5.75 Å². The van der Waals surface area contributed by atoms with Crippen molar-refractivity contribution in [1.29, 1.82) is 0 Å². The summed E-state index contributed by atoms with van der Waals surface area (Å²) in [6, 6.07) is 17.2. The van der Waals surface area contributed by atoms with E-state index in [1.165, 1.54) is 6.33 Å². The molecule has 0 radical (unpaired) electrons. The summed E-state index contributed by atoms with van der Waals surface area (Å²) < 4.78 is 5.60. The van der Waals surface area contributed by atoms with Gasteiger partial charge in [0.1, 0.15) is 12.1 Å². The van der Waals surface area contributed by atoms with E-state index in [0.717, 1.165) is 28.6 Å². The standard InChI is InChI=1S/C19H20N4O2S/c24-18(20-11-4-12-25-17-5-2-1-3-6-17)16-9-7-15(8-10-16)13-26-19-21-14-22-23-19/h1-3,5-10,14H,4,11-13H2,(H,20,24)(H,21,22,23). The predicted molar refractivity (Wildman–Crippen MR) is 101 cm³/mol. The second-order valence-electron chi connectivity index (χ2n) is 5.55. The van der Waals surface area contributed by atoms with Crippen molar-refractivity contribution in [3.8, 4) is 5.75 Å². The van der Waals surface area contributed by atoms with Crippen molar-refractivity contribution in [1.82, 2.24) is 20.5 Å². The number of benzene rings is 2. The van der Waals surface area contributed by atoms with Crippen LogP contribution in [-0.2, 0) is 5.75 Å². The minimum absolute atomic E-state index is 0.0702. The molecule has 0 spiro atoms. The van der Waals surface area contributed by atoms with Gasteiger partial charge in [0.05, 0.1) is 6.61 Å². The Bertz CT molecular complexity index is 792. The van der Waals surface area contributed by atoms with Crippen LogP contribution in [0.25, 0.3) is 0 Å². The Morgan fingerprint density at radius 3 is 2.65 bits per heavy atom. The van der Waals surface area contributed by atoms with E-state index in [1.807, 2.05) is 54.6 Å². The van der Waals surface area contributed by atoms with Crippen LogP contribution >= 0.6 is 11.8 Å². The first-order valence-electron chi connectivity index (χ1n) is 8.34. The van der Waals surface area contributed by atoms with Crippen molar-refractivity contribution in [3.05, 3.63) is 72.1 Å². The lowest BCUT2D eigenvalue weighted by Crippen LogP contribution is -2.25. The van der Waals surface area contributed by atoms with Gasteiger partial charge >= 0.3 is 0 Å². The van der Waals surface area contributed by atoms with Crippen LogP contribution in [0.2, 0.25) is 0 Å². The lowest BCUT2D eigenvalue weighted by molar-refractivity contribution is 0.0951. The zero-order valence-electron chi connectivity index (χ0n) is 14.2. The molecule has 26 heavy (non-hydrogen) atoms. The topological polar surface area (TPSA) is 79.9 Å². The molecule has 0 bridgehead atoms. The fraction of sp³-hybridized carbons (Fsp3) is 0.211. The third-order valence-corrected chi connectivity index (χ3v) is 4.55. The van der Waals surface area contributed by atoms with Gasteiger partial charge in [-0.05, 0) is 36.2 Å². The zero-order chi connectivity index (χ0) is 18.0. The molecule has 0 atom stereocenters. The Hall–Kier alpha value is -2.80. The summed E-state index contributed by atoms with van der Waals surface area (Å²) in [7, 11) is 0. The van der Waals surface area contributed by atoms with E-state index < -0.39 is 0 Å². The van der Waals surface area contributed by atoms with Crippen LogP contribution in [0.15, 0.2) is 66.1 Å². The van der Waals surface area contributed by atoms with Gasteiger partial charge in [-0.1, -0.05) is 42.1 Å². The summed E-state index contributed by atoms with van der Waals surface area (Å²) in [6.07, 6.45) is 2.24. The first-order valence-corrected chi connectivity index (χ1v) is 9.33. The molecule has 2 N–H and O–H groups in total. The largest absolute Gasteiger partial charge is 0.494 e. The Labute approximate surface area is 156 Å². The number of ether oxygens (including phenoxy) is 1. The maximum atomic E-state index is 12.2. The molecule has 3 aromatic rings. The van der Waals surface area contributed by atoms with E-state index in [2.05, 4.69) is 20.5 Å². The van der Waals surface area contributed by atoms with Gasteiger partial charge in [-0.15, -0.1) is 0 Å². The summed E-state index contributed by atoms with van der Waals surface area (Å²) in [6.45, 7) is 1.15. The number of carbonyl (C=O) groups excluding carboxylic acids is 1. The highest BCUT2D eigenvalue weighted by Crippen LogP contribution is 2.18. The SMILES string of the molecule is O=C(NCCCOc1ccccc1)c1ccc(CSc2ncn[nH]2)cc1. The summed E-state index contributed by atoms with van der Waals surface area (Å²) >= 11 is 1.57. The van der Waals surface area contributed by atoms with Gasteiger partial charge in [0, 0.05) is 17.9 Å². The van der Waals surface area contributed by atoms with E-state index in [4.69, 9.17) is 4.74 Å². The Balaban J connectivity index is 1.36. The first kappa shape index (κ1) is 18.0. The maximum absolute atomic E-state index is 12.2. The summed E-state index contributed by atoms with van der Waals surface area (Å²) in [4.78, 5) is 16.2. The van der Waals surface area contributed by atoms with Crippen molar-refractivity contribution in [2.75, 3.05) is 13.2 Å². The molecule has 7 heteroatoms. The molecule has 0 unspecified atom stereocenters. The number of hydrogen-bond acceptors (Lipinski definition) is 5. The lowest BCUT2D eigenvalue weighted by Gasteiger charge is -2.08. The molecule has 2 aromatic carbocycles. The number of rotatable bonds is 9. The highest BCUT2D eigenvalue weighted by Gasteiger charge is 2.05. The molecule has 0 aliphatic heterocycles. The molecule has 1 amide bonds. The third kappa shape index (κ3) is 5.63. The van der Waals surface area contributed by atoms with E-state index in [-0.39, 0.29) is 5.91 Å². The highest BCUT2D eigenvalue weighted by atomic mass is 32.2. The average molecular weight is 368 g/mol. The van der Waals surface area contributed by atoms with E-state index in [9.17, 15) is 4.79 Å². The van der Waals surface area contributed by atoms with Gasteiger partial charge < -0.3 is 10.1 Å². The van der Waals surface area contributed by atoms with Gasteiger partial charge in [0.15, 0.2) is 5.16 Å². The van der Waals surface area contributed by atoms with Crippen LogP contribution in [0.1, 0.15) is 22.3 Å². The fourth-order valence-corrected chi connectivity index (χ4v) is 2.99. The molecule has 1 aromatic heterocycles. The molecule has 3 rings (SSSR count). The van der Waals surface area contributed by atoms with Crippen LogP contribution in [-0.4, -0.2) is 34.2 Å². The van der Waals surface area contributed by atoms with Gasteiger partial charge in [0.2, 0.25) is 0 Å². The lowest BCUT2D eigenvalue weighted by atomic mass is 10.1. The predicted octanol–water partition coefficient (Wildman–Crippen LogP) is 3.30. The van der Waals surface area contributed by atoms with Crippen LogP contribution in [0.3, 0.4) is 0 Å². The minimum Gasteiger partial charge on any atom is -0.494 e. The molecule has 134 valence electrons. The number of carbonyl (C=O) groups is 1. The number of aromatic amines is 1. The monoisotopic (exact) mass is 368 g/mol. The molecule has 6 nitrogen and oxygen atoms in total.